The van der Waals surface area contributed by atoms with Gasteiger partial charge in [0.1, 0.15) is 0 Å². The van der Waals surface area contributed by atoms with Crippen LogP contribution in [0.2, 0.25) is 0 Å². The van der Waals surface area contributed by atoms with Crippen LogP contribution in [0.15, 0.2) is 6.20 Å². The number of hydrogen-bond acceptors (Lipinski definition) is 4. The first kappa shape index (κ1) is 12.3. The van der Waals surface area contributed by atoms with Crippen LogP contribution in [0.3, 0.4) is 0 Å². The summed E-state index contributed by atoms with van der Waals surface area (Å²) in [7, 11) is 0. The first-order valence-electron chi connectivity index (χ1n) is 7.70. The van der Waals surface area contributed by atoms with Crippen molar-refractivity contribution in [3.05, 3.63) is 11.9 Å². The molecule has 0 unspecified atom stereocenters. The zero-order valence-electron chi connectivity index (χ0n) is 11.7. The predicted octanol–water partition coefficient (Wildman–Crippen LogP) is 0.685. The lowest BCUT2D eigenvalue weighted by Gasteiger charge is -2.38. The molecule has 2 heterocycles. The Bertz CT molecular complexity index is 499. The van der Waals surface area contributed by atoms with E-state index in [4.69, 9.17) is 0 Å². The third kappa shape index (κ3) is 2.70. The average Bonchev–Trinajstić information content (AvgIpc) is 3.31. The summed E-state index contributed by atoms with van der Waals surface area (Å²) < 4.78 is 1.86. The first-order chi connectivity index (χ1) is 9.78. The third-order valence-electron chi connectivity index (χ3n) is 4.52. The molecule has 1 aliphatic heterocycles. The van der Waals surface area contributed by atoms with Crippen LogP contribution in [0.25, 0.3) is 0 Å². The van der Waals surface area contributed by atoms with Gasteiger partial charge in [0.15, 0.2) is 5.69 Å². The van der Waals surface area contributed by atoms with E-state index in [9.17, 15) is 4.79 Å². The van der Waals surface area contributed by atoms with Gasteiger partial charge in [-0.25, -0.2) is 4.68 Å². The monoisotopic (exact) mass is 275 g/mol. The number of hydrogen-bond donors (Lipinski definition) is 1. The normalized spacial score (nSPS) is 23.6. The number of aromatic nitrogens is 3. The van der Waals surface area contributed by atoms with Crippen LogP contribution >= 0.6 is 0 Å². The molecule has 0 aromatic carbocycles. The molecule has 2 saturated carbocycles. The number of nitrogens with one attached hydrogen (secondary N) is 1. The highest BCUT2D eigenvalue weighted by atomic mass is 16.2. The molecule has 6 nitrogen and oxygen atoms in total. The van der Waals surface area contributed by atoms with E-state index in [0.717, 1.165) is 25.6 Å². The van der Waals surface area contributed by atoms with Crippen LogP contribution in [0.1, 0.15) is 42.2 Å². The molecule has 1 aromatic rings. The molecule has 4 rings (SSSR count). The maximum atomic E-state index is 11.9. The van der Waals surface area contributed by atoms with Crippen molar-refractivity contribution in [2.75, 3.05) is 26.2 Å². The Morgan fingerprint density at radius 1 is 1.25 bits per heavy atom. The van der Waals surface area contributed by atoms with Gasteiger partial charge in [0.2, 0.25) is 0 Å². The summed E-state index contributed by atoms with van der Waals surface area (Å²) in [5.41, 5.74) is 0.450. The average molecular weight is 275 g/mol. The summed E-state index contributed by atoms with van der Waals surface area (Å²) in [6, 6.07) is 0.395. The van der Waals surface area contributed by atoms with Crippen molar-refractivity contribution in [3.63, 3.8) is 0 Å². The van der Waals surface area contributed by atoms with Crippen LogP contribution in [-0.4, -0.2) is 52.0 Å². The standard InChI is InChI=1S/C14H21N5O/c20-14(15-5-10-1-2-10)13-9-19(17-16-13)12-7-18(8-12)6-11-3-4-11/h9-12H,1-8H2,(H,15,20). The van der Waals surface area contributed by atoms with E-state index in [0.29, 0.717) is 17.7 Å². The van der Waals surface area contributed by atoms with Crippen LogP contribution in [0.5, 0.6) is 0 Å². The smallest absolute Gasteiger partial charge is 0.273 e. The lowest BCUT2D eigenvalue weighted by molar-refractivity contribution is 0.0919. The Morgan fingerprint density at radius 2 is 2.00 bits per heavy atom. The Kier molecular flexibility index (Phi) is 2.98. The van der Waals surface area contributed by atoms with Gasteiger partial charge >= 0.3 is 0 Å². The Balaban J connectivity index is 1.27. The first-order valence-corrected chi connectivity index (χ1v) is 7.70. The fourth-order valence-electron chi connectivity index (χ4n) is 2.73. The van der Waals surface area contributed by atoms with Gasteiger partial charge < -0.3 is 5.32 Å². The third-order valence-corrected chi connectivity index (χ3v) is 4.52. The van der Waals surface area contributed by atoms with Gasteiger partial charge in [0, 0.05) is 26.2 Å². The molecule has 0 radical (unpaired) electrons. The molecule has 3 fully saturated rings. The van der Waals surface area contributed by atoms with Crippen molar-refractivity contribution in [2.24, 2.45) is 11.8 Å². The molecular weight excluding hydrogens is 254 g/mol. The van der Waals surface area contributed by atoms with Crippen LogP contribution in [0.4, 0.5) is 0 Å². The summed E-state index contributed by atoms with van der Waals surface area (Å²) in [6.45, 7) is 4.11. The largest absolute Gasteiger partial charge is 0.350 e. The minimum atomic E-state index is -0.0858. The number of amides is 1. The lowest BCUT2D eigenvalue weighted by atomic mass is 10.1. The molecule has 0 spiro atoms. The zero-order valence-corrected chi connectivity index (χ0v) is 11.7. The van der Waals surface area contributed by atoms with E-state index >= 15 is 0 Å². The Hall–Kier alpha value is -1.43. The molecule has 3 aliphatic rings. The maximum absolute atomic E-state index is 11.9. The molecule has 1 aromatic heterocycles. The van der Waals surface area contributed by atoms with E-state index in [1.54, 1.807) is 6.20 Å². The van der Waals surface area contributed by atoms with Gasteiger partial charge in [-0.05, 0) is 37.5 Å². The summed E-state index contributed by atoms with van der Waals surface area (Å²) in [6.07, 6.45) is 7.07. The SMILES string of the molecule is O=C(NCC1CC1)c1cn(C2CN(CC3CC3)C2)nn1. The van der Waals surface area contributed by atoms with Gasteiger partial charge in [-0.15, -0.1) is 5.10 Å². The van der Waals surface area contributed by atoms with Crippen molar-refractivity contribution >= 4 is 5.91 Å². The number of likely N-dealkylation sites (tertiary alicyclic amines) is 1. The molecular formula is C14H21N5O. The van der Waals surface area contributed by atoms with Crippen molar-refractivity contribution in [1.29, 1.82) is 0 Å². The van der Waals surface area contributed by atoms with Crippen LogP contribution < -0.4 is 5.32 Å². The van der Waals surface area contributed by atoms with E-state index < -0.39 is 0 Å². The second kappa shape index (κ2) is 4.84. The zero-order chi connectivity index (χ0) is 13.5. The van der Waals surface area contributed by atoms with E-state index in [1.165, 1.54) is 32.2 Å². The summed E-state index contributed by atoms with van der Waals surface area (Å²) in [5, 5.41) is 11.0. The maximum Gasteiger partial charge on any atom is 0.273 e. The molecule has 2 aliphatic carbocycles. The van der Waals surface area contributed by atoms with Crippen molar-refractivity contribution in [1.82, 2.24) is 25.2 Å². The van der Waals surface area contributed by atoms with Gasteiger partial charge in [-0.1, -0.05) is 5.21 Å². The van der Waals surface area contributed by atoms with Crippen LogP contribution in [-0.2, 0) is 0 Å². The van der Waals surface area contributed by atoms with Gasteiger partial charge in [0.25, 0.3) is 5.91 Å². The fraction of sp³-hybridized carbons (Fsp3) is 0.786. The number of carbonyl (C=O) groups is 1. The molecule has 0 bridgehead atoms. The molecule has 1 amide bonds. The molecule has 0 atom stereocenters. The van der Waals surface area contributed by atoms with Crippen molar-refractivity contribution < 1.29 is 4.79 Å². The summed E-state index contributed by atoms with van der Waals surface area (Å²) in [5.74, 6) is 1.55. The lowest BCUT2D eigenvalue weighted by Crippen LogP contribution is -2.48. The van der Waals surface area contributed by atoms with Crippen LogP contribution in [0, 0.1) is 11.8 Å². The van der Waals surface area contributed by atoms with Gasteiger partial charge in [-0.3, -0.25) is 9.69 Å². The van der Waals surface area contributed by atoms with Gasteiger partial charge in [0.05, 0.1) is 12.2 Å². The molecule has 20 heavy (non-hydrogen) atoms. The minimum Gasteiger partial charge on any atom is -0.350 e. The number of nitrogens with zero attached hydrogens (tertiary/aromatic N) is 4. The summed E-state index contributed by atoms with van der Waals surface area (Å²) in [4.78, 5) is 14.4. The van der Waals surface area contributed by atoms with E-state index in [2.05, 4.69) is 20.5 Å². The fourth-order valence-corrected chi connectivity index (χ4v) is 2.73. The highest BCUT2D eigenvalue weighted by Gasteiger charge is 2.34. The highest BCUT2D eigenvalue weighted by molar-refractivity contribution is 5.91. The quantitative estimate of drug-likeness (QED) is 0.829. The van der Waals surface area contributed by atoms with E-state index in [1.807, 2.05) is 4.68 Å². The van der Waals surface area contributed by atoms with E-state index in [-0.39, 0.29) is 5.91 Å². The number of carbonyl (C=O) groups excluding carboxylic acids is 1. The van der Waals surface area contributed by atoms with Crippen molar-refractivity contribution in [3.8, 4) is 0 Å². The molecule has 108 valence electrons. The Labute approximate surface area is 118 Å². The minimum absolute atomic E-state index is 0.0858. The molecule has 6 heteroatoms. The Morgan fingerprint density at radius 3 is 2.70 bits per heavy atom. The topological polar surface area (TPSA) is 63.1 Å². The molecule has 1 saturated heterocycles. The molecule has 1 N–H and O–H groups in total. The summed E-state index contributed by atoms with van der Waals surface area (Å²) >= 11 is 0. The second-order valence-electron chi connectivity index (χ2n) is 6.55. The number of rotatable bonds is 6. The highest BCUT2D eigenvalue weighted by Crippen LogP contribution is 2.32. The second-order valence-corrected chi connectivity index (χ2v) is 6.55. The van der Waals surface area contributed by atoms with Gasteiger partial charge in [-0.2, -0.15) is 0 Å². The van der Waals surface area contributed by atoms with Crippen molar-refractivity contribution in [2.45, 2.75) is 31.7 Å². The predicted molar refractivity (Wildman–Crippen MR) is 73.3 cm³/mol.